The lowest BCUT2D eigenvalue weighted by atomic mass is 10.4. The number of nitrogens with one attached hydrogen (secondary N) is 1. The molecule has 0 aromatic carbocycles. The van der Waals surface area contributed by atoms with Crippen LogP contribution in [0.3, 0.4) is 0 Å². The third kappa shape index (κ3) is 6.08. The predicted molar refractivity (Wildman–Crippen MR) is 57.0 cm³/mol. The molecule has 0 aliphatic heterocycles. The summed E-state index contributed by atoms with van der Waals surface area (Å²) < 4.78 is 0. The molecule has 1 N–H and O–H groups in total. The average molecular weight is 184 g/mol. The van der Waals surface area contributed by atoms with Gasteiger partial charge in [-0.3, -0.25) is 4.79 Å². The molecule has 0 amide bonds. The molecule has 1 rings (SSSR count). The Hall–Kier alpha value is -1.12. The van der Waals surface area contributed by atoms with Crippen molar-refractivity contribution in [3.05, 3.63) is 27.9 Å². The minimum Gasteiger partial charge on any atom is -0.311 e. The second-order valence-corrected chi connectivity index (χ2v) is 1.98. The maximum atomic E-state index is 10.7. The molecule has 0 fully saturated rings. The number of aromatic amines is 1. The van der Waals surface area contributed by atoms with Crippen LogP contribution in [0.15, 0.2) is 11.0 Å². The molecule has 1 heterocycles. The Bertz CT molecular complexity index is 266. The quantitative estimate of drug-likeness (QED) is 0.673. The fraction of sp³-hybridized carbons (Fsp3) is 0.600. The van der Waals surface area contributed by atoms with Crippen LogP contribution < -0.4 is 5.56 Å². The highest BCUT2D eigenvalue weighted by molar-refractivity contribution is 5.01. The van der Waals surface area contributed by atoms with Gasteiger partial charge in [0, 0.05) is 11.8 Å². The summed E-state index contributed by atoms with van der Waals surface area (Å²) in [4.78, 5) is 17.2. The second-order valence-electron chi connectivity index (χ2n) is 1.98. The topological polar surface area (TPSA) is 45.8 Å². The summed E-state index contributed by atoms with van der Waals surface area (Å²) in [6.45, 7) is 11.5. The van der Waals surface area contributed by atoms with Gasteiger partial charge >= 0.3 is 0 Å². The molecule has 76 valence electrons. The van der Waals surface area contributed by atoms with E-state index in [4.69, 9.17) is 0 Å². The van der Waals surface area contributed by atoms with Gasteiger partial charge in [0.1, 0.15) is 5.82 Å². The monoisotopic (exact) mass is 184 g/mol. The van der Waals surface area contributed by atoms with E-state index in [0.29, 0.717) is 11.4 Å². The van der Waals surface area contributed by atoms with Crippen LogP contribution in [-0.4, -0.2) is 9.97 Å². The Kier molecular flexibility index (Phi) is 9.94. The number of rotatable bonds is 0. The summed E-state index contributed by atoms with van der Waals surface area (Å²) in [5, 5.41) is 0. The van der Waals surface area contributed by atoms with Crippen molar-refractivity contribution in [3.63, 3.8) is 0 Å². The van der Waals surface area contributed by atoms with Crippen molar-refractivity contribution in [2.45, 2.75) is 41.5 Å². The average Bonchev–Trinajstić information content (AvgIpc) is 2.18. The first-order chi connectivity index (χ1) is 6.20. The first-order valence-electron chi connectivity index (χ1n) is 4.72. The molecule has 0 aliphatic rings. The summed E-state index contributed by atoms with van der Waals surface area (Å²) in [6.07, 6.45) is 1.56. The third-order valence-electron chi connectivity index (χ3n) is 1.10. The zero-order valence-corrected chi connectivity index (χ0v) is 9.43. The van der Waals surface area contributed by atoms with E-state index in [9.17, 15) is 4.79 Å². The minimum absolute atomic E-state index is 0.0532. The van der Waals surface area contributed by atoms with Crippen LogP contribution in [0, 0.1) is 13.8 Å². The largest absolute Gasteiger partial charge is 0.311 e. The number of aryl methyl sites for hydroxylation is 2. The first kappa shape index (κ1) is 14.4. The molecule has 1 aromatic heterocycles. The first-order valence-corrected chi connectivity index (χ1v) is 4.72. The fourth-order valence-electron chi connectivity index (χ4n) is 0.547. The Labute approximate surface area is 80.2 Å². The van der Waals surface area contributed by atoms with Crippen molar-refractivity contribution in [2.75, 3.05) is 0 Å². The third-order valence-corrected chi connectivity index (χ3v) is 1.10. The van der Waals surface area contributed by atoms with E-state index in [1.54, 1.807) is 20.0 Å². The lowest BCUT2D eigenvalue weighted by molar-refractivity contribution is 0.993. The molecule has 0 unspecified atom stereocenters. The van der Waals surface area contributed by atoms with Crippen LogP contribution in [0.5, 0.6) is 0 Å². The van der Waals surface area contributed by atoms with Gasteiger partial charge in [0.25, 0.3) is 5.56 Å². The zero-order chi connectivity index (χ0) is 10.9. The Balaban J connectivity index is 0. The summed E-state index contributed by atoms with van der Waals surface area (Å²) in [7, 11) is 0. The molecule has 0 saturated carbocycles. The van der Waals surface area contributed by atoms with E-state index < -0.39 is 0 Å². The number of hydrogen-bond acceptors (Lipinski definition) is 2. The smallest absolute Gasteiger partial charge is 0.253 e. The maximum absolute atomic E-state index is 10.7. The standard InChI is InChI=1S/C6H8N2O.2C2H6/c1-4-3-7-5(2)8-6(4)9;2*1-2/h3H,1-2H3,(H,7,8,9);2*1-2H3. The summed E-state index contributed by atoms with van der Waals surface area (Å²) in [5.41, 5.74) is 0.600. The van der Waals surface area contributed by atoms with E-state index >= 15 is 0 Å². The summed E-state index contributed by atoms with van der Waals surface area (Å²) in [5.74, 6) is 0.658. The predicted octanol–water partition coefficient (Wildman–Crippen LogP) is 2.44. The number of aromatic nitrogens is 2. The molecule has 0 saturated heterocycles. The Morgan fingerprint density at radius 3 is 1.92 bits per heavy atom. The van der Waals surface area contributed by atoms with Crippen LogP contribution in [0.25, 0.3) is 0 Å². The van der Waals surface area contributed by atoms with Crippen molar-refractivity contribution < 1.29 is 0 Å². The highest BCUT2D eigenvalue weighted by Crippen LogP contribution is 1.82. The molecule has 0 atom stereocenters. The number of H-pyrrole nitrogens is 1. The lowest BCUT2D eigenvalue weighted by Crippen LogP contribution is -2.11. The van der Waals surface area contributed by atoms with Crippen LogP contribution in [0.1, 0.15) is 39.1 Å². The van der Waals surface area contributed by atoms with E-state index in [0.717, 1.165) is 0 Å². The van der Waals surface area contributed by atoms with Crippen LogP contribution in [0.2, 0.25) is 0 Å². The highest BCUT2D eigenvalue weighted by atomic mass is 16.1. The zero-order valence-electron chi connectivity index (χ0n) is 9.43. The molecule has 13 heavy (non-hydrogen) atoms. The normalized spacial score (nSPS) is 7.54. The molecule has 1 aromatic rings. The van der Waals surface area contributed by atoms with Gasteiger partial charge < -0.3 is 4.98 Å². The van der Waals surface area contributed by atoms with Crippen LogP contribution >= 0.6 is 0 Å². The van der Waals surface area contributed by atoms with Crippen LogP contribution in [-0.2, 0) is 0 Å². The Morgan fingerprint density at radius 2 is 1.62 bits per heavy atom. The van der Waals surface area contributed by atoms with Gasteiger partial charge in [-0.05, 0) is 13.8 Å². The maximum Gasteiger partial charge on any atom is 0.253 e. The fourth-order valence-corrected chi connectivity index (χ4v) is 0.547. The molecule has 0 radical (unpaired) electrons. The van der Waals surface area contributed by atoms with E-state index in [-0.39, 0.29) is 5.56 Å². The van der Waals surface area contributed by atoms with Crippen molar-refractivity contribution in [1.82, 2.24) is 9.97 Å². The van der Waals surface area contributed by atoms with Gasteiger partial charge in [-0.15, -0.1) is 0 Å². The van der Waals surface area contributed by atoms with Gasteiger partial charge in [-0.1, -0.05) is 27.7 Å². The minimum atomic E-state index is -0.0532. The van der Waals surface area contributed by atoms with E-state index in [1.165, 1.54) is 0 Å². The van der Waals surface area contributed by atoms with Crippen molar-refractivity contribution in [3.8, 4) is 0 Å². The molecular weight excluding hydrogens is 164 g/mol. The van der Waals surface area contributed by atoms with Gasteiger partial charge in [0.15, 0.2) is 0 Å². The van der Waals surface area contributed by atoms with Crippen LogP contribution in [0.4, 0.5) is 0 Å². The van der Waals surface area contributed by atoms with Gasteiger partial charge in [-0.25, -0.2) is 4.98 Å². The molecule has 0 spiro atoms. The molecule has 0 aliphatic carbocycles. The molecule has 0 bridgehead atoms. The summed E-state index contributed by atoms with van der Waals surface area (Å²) >= 11 is 0. The molecule has 3 heteroatoms. The van der Waals surface area contributed by atoms with E-state index in [1.807, 2.05) is 27.7 Å². The van der Waals surface area contributed by atoms with Crippen molar-refractivity contribution >= 4 is 0 Å². The van der Waals surface area contributed by atoms with Gasteiger partial charge in [0.2, 0.25) is 0 Å². The van der Waals surface area contributed by atoms with Gasteiger partial charge in [0.05, 0.1) is 0 Å². The highest BCUT2D eigenvalue weighted by Gasteiger charge is 1.90. The number of hydrogen-bond donors (Lipinski definition) is 1. The van der Waals surface area contributed by atoms with Crippen molar-refractivity contribution in [2.24, 2.45) is 0 Å². The summed E-state index contributed by atoms with van der Waals surface area (Å²) in [6, 6.07) is 0. The lowest BCUT2D eigenvalue weighted by Gasteiger charge is -1.90. The number of nitrogens with zero attached hydrogens (tertiary/aromatic N) is 1. The van der Waals surface area contributed by atoms with Gasteiger partial charge in [-0.2, -0.15) is 0 Å². The second kappa shape index (κ2) is 8.97. The Morgan fingerprint density at radius 1 is 1.15 bits per heavy atom. The van der Waals surface area contributed by atoms with Crippen molar-refractivity contribution in [1.29, 1.82) is 0 Å². The SMILES string of the molecule is CC.CC.Cc1ncc(C)c(=O)[nH]1. The molecule has 3 nitrogen and oxygen atoms in total. The van der Waals surface area contributed by atoms with E-state index in [2.05, 4.69) is 9.97 Å². The molecular formula is C10H20N2O.